The topological polar surface area (TPSA) is 75.3 Å². The van der Waals surface area contributed by atoms with E-state index < -0.39 is 10.0 Å². The number of rotatable bonds is 8. The van der Waals surface area contributed by atoms with Gasteiger partial charge in [0.1, 0.15) is 0 Å². The first kappa shape index (κ1) is 19.3. The summed E-state index contributed by atoms with van der Waals surface area (Å²) in [6.07, 6.45) is 1.06. The summed E-state index contributed by atoms with van der Waals surface area (Å²) in [6.45, 7) is 2.57. The molecule has 0 aliphatic heterocycles. The number of hydrogen-bond donors (Lipinski definition) is 2. The Bertz CT molecular complexity index is 818. The first-order chi connectivity index (χ1) is 11.8. The zero-order valence-corrected chi connectivity index (χ0v) is 15.9. The number of carbonyl (C=O) groups is 1. The van der Waals surface area contributed by atoms with Gasteiger partial charge in [-0.15, -0.1) is 0 Å². The summed E-state index contributed by atoms with van der Waals surface area (Å²) in [7, 11) is -3.43. The minimum Gasteiger partial charge on any atom is -0.351 e. The van der Waals surface area contributed by atoms with Gasteiger partial charge in [0.05, 0.1) is 17.5 Å². The molecule has 0 saturated heterocycles. The number of aryl methyl sites for hydroxylation is 1. The van der Waals surface area contributed by atoms with Crippen LogP contribution in [0.1, 0.15) is 21.5 Å². The molecule has 7 heteroatoms. The molecule has 0 saturated carbocycles. The van der Waals surface area contributed by atoms with Crippen LogP contribution in [0.5, 0.6) is 0 Å². The second kappa shape index (κ2) is 8.92. The van der Waals surface area contributed by atoms with Gasteiger partial charge in [0.25, 0.3) is 5.91 Å². The minimum atomic E-state index is -3.43. The molecule has 0 spiro atoms. The summed E-state index contributed by atoms with van der Waals surface area (Å²) >= 11 is 1.74. The van der Waals surface area contributed by atoms with Crippen LogP contribution < -0.4 is 10.0 Å². The number of sulfonamides is 1. The first-order valence-electron chi connectivity index (χ1n) is 7.83. The lowest BCUT2D eigenvalue weighted by Crippen LogP contribution is -2.27. The van der Waals surface area contributed by atoms with Gasteiger partial charge >= 0.3 is 0 Å². The molecular formula is C18H22N2O3S2. The molecule has 1 amide bonds. The normalized spacial score (nSPS) is 11.1. The van der Waals surface area contributed by atoms with Crippen molar-refractivity contribution >= 4 is 33.4 Å². The van der Waals surface area contributed by atoms with Gasteiger partial charge in [-0.1, -0.05) is 42.0 Å². The van der Waals surface area contributed by atoms with E-state index in [0.29, 0.717) is 12.1 Å². The molecule has 2 rings (SSSR count). The van der Waals surface area contributed by atoms with E-state index in [4.69, 9.17) is 0 Å². The number of hydrogen-bond acceptors (Lipinski definition) is 4. The van der Waals surface area contributed by atoms with E-state index >= 15 is 0 Å². The van der Waals surface area contributed by atoms with Gasteiger partial charge in [-0.2, -0.15) is 11.8 Å². The van der Waals surface area contributed by atoms with Crippen molar-refractivity contribution in [2.45, 2.75) is 12.7 Å². The van der Waals surface area contributed by atoms with Gasteiger partial charge in [-0.25, -0.2) is 8.42 Å². The lowest BCUT2D eigenvalue weighted by molar-refractivity contribution is 0.0957. The molecule has 134 valence electrons. The summed E-state index contributed by atoms with van der Waals surface area (Å²) in [4.78, 5) is 12.3. The fraction of sp³-hybridized carbons (Fsp3) is 0.278. The third-order valence-electron chi connectivity index (χ3n) is 3.39. The second-order valence-corrected chi connectivity index (χ2v) is 8.57. The van der Waals surface area contributed by atoms with Gasteiger partial charge in [-0.3, -0.25) is 9.52 Å². The van der Waals surface area contributed by atoms with Crippen LogP contribution in [0.4, 0.5) is 5.69 Å². The number of nitrogens with one attached hydrogen (secondary N) is 2. The van der Waals surface area contributed by atoms with Crippen LogP contribution >= 0.6 is 11.8 Å². The van der Waals surface area contributed by atoms with Crippen LogP contribution in [-0.2, 0) is 15.8 Å². The predicted molar refractivity (Wildman–Crippen MR) is 105 cm³/mol. The Balaban J connectivity index is 1.81. The lowest BCUT2D eigenvalue weighted by Gasteiger charge is -2.11. The Labute approximate surface area is 153 Å². The standard InChI is InChI=1S/C18H22N2O3S2/c1-14-7-9-15(10-8-14)13-24-12-11-19-18(21)16-5-3-4-6-17(16)20-25(2,22)23/h3-10,20H,11-13H2,1-2H3,(H,19,21). The highest BCUT2D eigenvalue weighted by Gasteiger charge is 2.13. The molecule has 0 atom stereocenters. The van der Waals surface area contributed by atoms with Crippen molar-refractivity contribution in [3.05, 3.63) is 65.2 Å². The minimum absolute atomic E-state index is 0.287. The van der Waals surface area contributed by atoms with Crippen LogP contribution in [0, 0.1) is 6.92 Å². The molecule has 5 nitrogen and oxygen atoms in total. The largest absolute Gasteiger partial charge is 0.351 e. The maximum Gasteiger partial charge on any atom is 0.253 e. The fourth-order valence-electron chi connectivity index (χ4n) is 2.18. The van der Waals surface area contributed by atoms with Crippen molar-refractivity contribution < 1.29 is 13.2 Å². The number of benzene rings is 2. The molecule has 2 aromatic rings. The second-order valence-electron chi connectivity index (χ2n) is 5.71. The molecule has 0 heterocycles. The smallest absolute Gasteiger partial charge is 0.253 e. The predicted octanol–water partition coefficient (Wildman–Crippen LogP) is 3.03. The van der Waals surface area contributed by atoms with E-state index in [0.717, 1.165) is 17.8 Å². The quantitative estimate of drug-likeness (QED) is 0.693. The number of thioether (sulfide) groups is 1. The van der Waals surface area contributed by atoms with Crippen LogP contribution in [0.3, 0.4) is 0 Å². The Morgan fingerprint density at radius 1 is 1.08 bits per heavy atom. The molecule has 0 unspecified atom stereocenters. The Morgan fingerprint density at radius 3 is 2.44 bits per heavy atom. The molecule has 0 aliphatic carbocycles. The SMILES string of the molecule is Cc1ccc(CSCCNC(=O)c2ccccc2NS(C)(=O)=O)cc1. The first-order valence-corrected chi connectivity index (χ1v) is 10.9. The van der Waals surface area contributed by atoms with Crippen LogP contribution in [0.2, 0.25) is 0 Å². The van der Waals surface area contributed by atoms with E-state index in [1.54, 1.807) is 36.0 Å². The molecule has 25 heavy (non-hydrogen) atoms. The van der Waals surface area contributed by atoms with Crippen molar-refractivity contribution in [3.63, 3.8) is 0 Å². The Morgan fingerprint density at radius 2 is 1.76 bits per heavy atom. The van der Waals surface area contributed by atoms with Gasteiger partial charge in [0.15, 0.2) is 0 Å². The maximum absolute atomic E-state index is 12.3. The highest BCUT2D eigenvalue weighted by Crippen LogP contribution is 2.16. The summed E-state index contributed by atoms with van der Waals surface area (Å²) in [5, 5.41) is 2.83. The van der Waals surface area contributed by atoms with Crippen molar-refractivity contribution in [2.24, 2.45) is 0 Å². The van der Waals surface area contributed by atoms with Crippen LogP contribution in [0.15, 0.2) is 48.5 Å². The number of carbonyl (C=O) groups excluding carboxylic acids is 1. The van der Waals surface area contributed by atoms with E-state index in [-0.39, 0.29) is 11.6 Å². The van der Waals surface area contributed by atoms with Crippen molar-refractivity contribution in [1.82, 2.24) is 5.32 Å². The number of anilines is 1. The van der Waals surface area contributed by atoms with Crippen molar-refractivity contribution in [3.8, 4) is 0 Å². The molecule has 0 fully saturated rings. The lowest BCUT2D eigenvalue weighted by atomic mass is 10.2. The Hall–Kier alpha value is -1.99. The highest BCUT2D eigenvalue weighted by molar-refractivity contribution is 7.98. The molecule has 0 aliphatic rings. The molecule has 2 aromatic carbocycles. The molecule has 0 bridgehead atoms. The Kier molecular flexibility index (Phi) is 6.90. The van der Waals surface area contributed by atoms with E-state index in [1.165, 1.54) is 11.1 Å². The van der Waals surface area contributed by atoms with Crippen molar-refractivity contribution in [2.75, 3.05) is 23.3 Å². The average Bonchev–Trinajstić information content (AvgIpc) is 2.55. The van der Waals surface area contributed by atoms with E-state index in [1.807, 2.05) is 0 Å². The van der Waals surface area contributed by atoms with Gasteiger partial charge in [-0.05, 0) is 24.6 Å². The summed E-state index contributed by atoms with van der Waals surface area (Å²) < 4.78 is 25.1. The fourth-order valence-corrected chi connectivity index (χ4v) is 3.57. The van der Waals surface area contributed by atoms with E-state index in [9.17, 15) is 13.2 Å². The third kappa shape index (κ3) is 6.80. The van der Waals surface area contributed by atoms with Crippen molar-refractivity contribution in [1.29, 1.82) is 0 Å². The van der Waals surface area contributed by atoms with Gasteiger partial charge in [0.2, 0.25) is 10.0 Å². The van der Waals surface area contributed by atoms with E-state index in [2.05, 4.69) is 41.2 Å². The third-order valence-corrected chi connectivity index (χ3v) is 5.01. The molecular weight excluding hydrogens is 356 g/mol. The molecule has 0 aromatic heterocycles. The highest BCUT2D eigenvalue weighted by atomic mass is 32.2. The average molecular weight is 379 g/mol. The zero-order chi connectivity index (χ0) is 18.3. The maximum atomic E-state index is 12.3. The molecule has 0 radical (unpaired) electrons. The molecule has 2 N–H and O–H groups in total. The summed E-state index contributed by atoms with van der Waals surface area (Å²) in [5.74, 6) is 1.38. The zero-order valence-electron chi connectivity index (χ0n) is 14.3. The van der Waals surface area contributed by atoms with Crippen LogP contribution in [0.25, 0.3) is 0 Å². The monoisotopic (exact) mass is 378 g/mol. The number of para-hydroxylation sites is 1. The van der Waals surface area contributed by atoms with Crippen LogP contribution in [-0.4, -0.2) is 32.9 Å². The van der Waals surface area contributed by atoms with Gasteiger partial charge in [0, 0.05) is 18.1 Å². The number of amides is 1. The summed E-state index contributed by atoms with van der Waals surface area (Å²) in [6, 6.07) is 14.9. The summed E-state index contributed by atoms with van der Waals surface area (Å²) in [5.41, 5.74) is 3.10. The van der Waals surface area contributed by atoms with Gasteiger partial charge < -0.3 is 5.32 Å².